The molecule has 7 heteroatoms. The molecule has 1 atom stereocenters. The minimum absolute atomic E-state index is 0.122. The fourth-order valence-electron chi connectivity index (χ4n) is 1.91. The van der Waals surface area contributed by atoms with Gasteiger partial charge >= 0.3 is 6.09 Å². The van der Waals surface area contributed by atoms with Crippen molar-refractivity contribution in [1.82, 2.24) is 9.80 Å². The summed E-state index contributed by atoms with van der Waals surface area (Å²) in [5.41, 5.74) is -0.561. The van der Waals surface area contributed by atoms with Gasteiger partial charge in [-0.1, -0.05) is 0 Å². The summed E-state index contributed by atoms with van der Waals surface area (Å²) in [6.07, 6.45) is -0.427. The largest absolute Gasteiger partial charge is 0.444 e. The molecule has 1 aliphatic heterocycles. The van der Waals surface area contributed by atoms with E-state index >= 15 is 0 Å². The molecule has 1 unspecified atom stereocenters. The Bertz CT molecular complexity index is 343. The summed E-state index contributed by atoms with van der Waals surface area (Å²) in [7, 11) is 0. The fourth-order valence-corrected chi connectivity index (χ4v) is 2.06. The van der Waals surface area contributed by atoms with E-state index in [-0.39, 0.29) is 24.9 Å². The summed E-state index contributed by atoms with van der Waals surface area (Å²) >= 11 is 5.52. The lowest BCUT2D eigenvalue weighted by Crippen LogP contribution is -2.58. The molecule has 1 saturated heterocycles. The van der Waals surface area contributed by atoms with Gasteiger partial charge in [-0.25, -0.2) is 4.79 Å². The summed E-state index contributed by atoms with van der Waals surface area (Å²) in [4.78, 5) is 26.5. The molecule has 1 rings (SSSR count). The van der Waals surface area contributed by atoms with Crippen LogP contribution in [-0.2, 0) is 9.53 Å². The van der Waals surface area contributed by atoms with Crippen LogP contribution in [0.15, 0.2) is 0 Å². The van der Waals surface area contributed by atoms with Crippen molar-refractivity contribution in [3.8, 4) is 0 Å². The Balaban J connectivity index is 2.64. The van der Waals surface area contributed by atoms with Gasteiger partial charge in [0.2, 0.25) is 5.91 Å². The van der Waals surface area contributed by atoms with Crippen molar-refractivity contribution >= 4 is 23.6 Å². The monoisotopic (exact) mass is 292 g/mol. The van der Waals surface area contributed by atoms with E-state index in [0.717, 1.165) is 0 Å². The van der Waals surface area contributed by atoms with Crippen molar-refractivity contribution in [2.45, 2.75) is 32.4 Å². The predicted molar refractivity (Wildman–Crippen MR) is 71.1 cm³/mol. The molecule has 6 nitrogen and oxygen atoms in total. The number of halogens is 1. The molecule has 0 aliphatic carbocycles. The zero-order valence-electron chi connectivity index (χ0n) is 11.6. The quantitative estimate of drug-likeness (QED) is 0.759. The summed E-state index contributed by atoms with van der Waals surface area (Å²) in [5.74, 6) is -0.354. The number of hydrogen-bond acceptors (Lipinski definition) is 4. The molecular weight excluding hydrogens is 272 g/mol. The highest BCUT2D eigenvalue weighted by molar-refractivity contribution is 6.27. The molecule has 1 aliphatic rings. The van der Waals surface area contributed by atoms with Crippen LogP contribution in [0.1, 0.15) is 20.8 Å². The van der Waals surface area contributed by atoms with Crippen LogP contribution in [0.3, 0.4) is 0 Å². The van der Waals surface area contributed by atoms with Crippen molar-refractivity contribution in [1.29, 1.82) is 0 Å². The Labute approximate surface area is 118 Å². The third-order valence-corrected chi connectivity index (χ3v) is 3.01. The van der Waals surface area contributed by atoms with Crippen molar-refractivity contribution < 1.29 is 19.4 Å². The Hall–Kier alpha value is -1.01. The molecule has 0 bridgehead atoms. The maximum Gasteiger partial charge on any atom is 0.410 e. The number of nitrogens with zero attached hydrogens (tertiary/aromatic N) is 2. The van der Waals surface area contributed by atoms with Gasteiger partial charge in [-0.2, -0.15) is 0 Å². The second-order valence-corrected chi connectivity index (χ2v) is 5.75. The number of piperazine rings is 1. The Kier molecular flexibility index (Phi) is 5.43. The third kappa shape index (κ3) is 4.54. The molecule has 0 aromatic rings. The first-order valence-corrected chi connectivity index (χ1v) is 6.76. The number of ether oxygens (including phenoxy) is 1. The standard InChI is InChI=1S/C12H21ClN2O4/c1-12(2,3)19-11(18)14-4-5-15(10(17)6-13)9(7-14)8-16/h9,16H,4-8H2,1-3H3. The van der Waals surface area contributed by atoms with Gasteiger partial charge in [-0.3, -0.25) is 4.79 Å². The van der Waals surface area contributed by atoms with Gasteiger partial charge in [-0.05, 0) is 20.8 Å². The zero-order chi connectivity index (χ0) is 14.6. The van der Waals surface area contributed by atoms with E-state index in [1.54, 1.807) is 20.8 Å². The summed E-state index contributed by atoms with van der Waals surface area (Å²) < 4.78 is 5.27. The first-order valence-electron chi connectivity index (χ1n) is 6.22. The lowest BCUT2D eigenvalue weighted by Gasteiger charge is -2.40. The van der Waals surface area contributed by atoms with Gasteiger partial charge in [0.15, 0.2) is 0 Å². The van der Waals surface area contributed by atoms with E-state index < -0.39 is 17.7 Å². The van der Waals surface area contributed by atoms with Gasteiger partial charge in [0.1, 0.15) is 11.5 Å². The van der Waals surface area contributed by atoms with Crippen LogP contribution < -0.4 is 0 Å². The van der Waals surface area contributed by atoms with Crippen LogP contribution in [0.4, 0.5) is 4.79 Å². The summed E-state index contributed by atoms with van der Waals surface area (Å²) in [6, 6.07) is -0.424. The number of carbonyl (C=O) groups is 2. The Morgan fingerprint density at radius 1 is 1.37 bits per heavy atom. The molecule has 0 saturated carbocycles. The predicted octanol–water partition coefficient (Wildman–Crippen LogP) is 0.665. The minimum Gasteiger partial charge on any atom is -0.444 e. The molecule has 1 fully saturated rings. The molecule has 19 heavy (non-hydrogen) atoms. The van der Waals surface area contributed by atoms with Crippen LogP contribution >= 0.6 is 11.6 Å². The van der Waals surface area contributed by atoms with Crippen molar-refractivity contribution in [2.24, 2.45) is 0 Å². The number of carbonyl (C=O) groups excluding carboxylic acids is 2. The maximum absolute atomic E-state index is 11.9. The van der Waals surface area contributed by atoms with Crippen LogP contribution in [-0.4, -0.2) is 70.7 Å². The van der Waals surface area contributed by atoms with E-state index in [4.69, 9.17) is 16.3 Å². The van der Waals surface area contributed by atoms with Gasteiger partial charge in [0, 0.05) is 19.6 Å². The molecule has 0 radical (unpaired) electrons. The van der Waals surface area contributed by atoms with Crippen LogP contribution in [0.2, 0.25) is 0 Å². The molecule has 1 heterocycles. The molecule has 0 spiro atoms. The van der Waals surface area contributed by atoms with Gasteiger partial charge in [0.05, 0.1) is 12.6 Å². The number of aliphatic hydroxyl groups is 1. The highest BCUT2D eigenvalue weighted by atomic mass is 35.5. The van der Waals surface area contributed by atoms with Crippen molar-refractivity contribution in [3.63, 3.8) is 0 Å². The molecular formula is C12H21ClN2O4. The lowest BCUT2D eigenvalue weighted by molar-refractivity contribution is -0.134. The lowest BCUT2D eigenvalue weighted by atomic mass is 10.1. The average Bonchev–Trinajstić information content (AvgIpc) is 2.35. The summed E-state index contributed by atoms with van der Waals surface area (Å²) in [6.45, 7) is 6.17. The highest BCUT2D eigenvalue weighted by Gasteiger charge is 2.33. The second kappa shape index (κ2) is 6.43. The number of rotatable bonds is 2. The van der Waals surface area contributed by atoms with E-state index in [1.165, 1.54) is 9.80 Å². The molecule has 110 valence electrons. The maximum atomic E-state index is 11.9. The number of amides is 2. The SMILES string of the molecule is CC(C)(C)OC(=O)N1CCN(C(=O)CCl)C(CO)C1. The number of hydrogen-bond donors (Lipinski definition) is 1. The normalized spacial score (nSPS) is 20.4. The summed E-state index contributed by atoms with van der Waals surface area (Å²) in [5, 5.41) is 9.32. The van der Waals surface area contributed by atoms with Crippen molar-refractivity contribution in [3.05, 3.63) is 0 Å². The highest BCUT2D eigenvalue weighted by Crippen LogP contribution is 2.15. The van der Waals surface area contributed by atoms with Gasteiger partial charge in [-0.15, -0.1) is 11.6 Å². The van der Waals surface area contributed by atoms with Crippen LogP contribution in [0, 0.1) is 0 Å². The molecule has 2 amide bonds. The molecule has 0 aromatic heterocycles. The third-order valence-electron chi connectivity index (χ3n) is 2.78. The Morgan fingerprint density at radius 2 is 2.00 bits per heavy atom. The van der Waals surface area contributed by atoms with Gasteiger partial charge < -0.3 is 19.6 Å². The van der Waals surface area contributed by atoms with E-state index in [2.05, 4.69) is 0 Å². The fraction of sp³-hybridized carbons (Fsp3) is 0.833. The van der Waals surface area contributed by atoms with E-state index in [0.29, 0.717) is 13.1 Å². The van der Waals surface area contributed by atoms with Crippen LogP contribution in [0.5, 0.6) is 0 Å². The first-order chi connectivity index (χ1) is 8.78. The zero-order valence-corrected chi connectivity index (χ0v) is 12.3. The molecule has 0 aromatic carbocycles. The van der Waals surface area contributed by atoms with E-state index in [9.17, 15) is 14.7 Å². The average molecular weight is 293 g/mol. The number of aliphatic hydroxyl groups excluding tert-OH is 1. The first kappa shape index (κ1) is 16.0. The smallest absolute Gasteiger partial charge is 0.410 e. The molecule has 1 N–H and O–H groups in total. The minimum atomic E-state index is -0.561. The second-order valence-electron chi connectivity index (χ2n) is 5.48. The Morgan fingerprint density at radius 3 is 2.47 bits per heavy atom. The number of alkyl halides is 1. The van der Waals surface area contributed by atoms with Crippen molar-refractivity contribution in [2.75, 3.05) is 32.1 Å². The van der Waals surface area contributed by atoms with Crippen LogP contribution in [0.25, 0.3) is 0 Å². The van der Waals surface area contributed by atoms with Gasteiger partial charge in [0.25, 0.3) is 0 Å². The topological polar surface area (TPSA) is 70.1 Å². The van der Waals surface area contributed by atoms with E-state index in [1.807, 2.05) is 0 Å².